The van der Waals surface area contributed by atoms with E-state index in [9.17, 15) is 14.4 Å². The van der Waals surface area contributed by atoms with Crippen LogP contribution in [-0.4, -0.2) is 34.7 Å². The highest BCUT2D eigenvalue weighted by Crippen LogP contribution is 2.35. The summed E-state index contributed by atoms with van der Waals surface area (Å²) in [5.41, 5.74) is 10.9. The van der Waals surface area contributed by atoms with E-state index >= 15 is 0 Å². The number of furan rings is 1. The van der Waals surface area contributed by atoms with Crippen molar-refractivity contribution >= 4 is 40.6 Å². The van der Waals surface area contributed by atoms with Crippen molar-refractivity contribution in [3.8, 4) is 5.75 Å². The van der Waals surface area contributed by atoms with Gasteiger partial charge in [-0.3, -0.25) is 19.3 Å². The fourth-order valence-corrected chi connectivity index (χ4v) is 4.07. The van der Waals surface area contributed by atoms with Crippen LogP contribution in [0.15, 0.2) is 40.8 Å². The van der Waals surface area contributed by atoms with Crippen molar-refractivity contribution < 1.29 is 23.5 Å². The number of nitrogens with two attached hydrogens (primary N) is 2. The lowest BCUT2D eigenvalue weighted by atomic mass is 10.0. The second-order valence-electron chi connectivity index (χ2n) is 8.59. The van der Waals surface area contributed by atoms with Crippen molar-refractivity contribution in [1.29, 1.82) is 0 Å². The first kappa shape index (κ1) is 25.8. The normalized spacial score (nSPS) is 12.1. The Morgan fingerprint density at radius 2 is 1.86 bits per heavy atom. The average molecular weight is 500 g/mol. The van der Waals surface area contributed by atoms with Gasteiger partial charge in [0, 0.05) is 11.2 Å². The Kier molecular flexibility index (Phi) is 7.49. The number of nitrogen functional groups attached to an aromatic ring is 1. The van der Waals surface area contributed by atoms with Gasteiger partial charge < -0.3 is 25.9 Å². The lowest BCUT2D eigenvalue weighted by Crippen LogP contribution is -2.50. The first-order chi connectivity index (χ1) is 16.5. The molecule has 186 valence electrons. The summed E-state index contributed by atoms with van der Waals surface area (Å²) in [6, 6.07) is 8.79. The lowest BCUT2D eigenvalue weighted by Gasteiger charge is -2.33. The SMILES string of the molecule is CCC(C)(C)NC(=O)C(c1ccc(C)o1)N(C(=O)c1snc(C(N)=O)c1N)c1ccc(OC)cc1. The van der Waals surface area contributed by atoms with E-state index in [2.05, 4.69) is 9.69 Å². The zero-order chi connectivity index (χ0) is 25.9. The van der Waals surface area contributed by atoms with Gasteiger partial charge in [-0.25, -0.2) is 0 Å². The maximum Gasteiger partial charge on any atom is 0.273 e. The minimum absolute atomic E-state index is 0.0227. The van der Waals surface area contributed by atoms with E-state index < -0.39 is 29.3 Å². The molecule has 3 aromatic rings. The molecular weight excluding hydrogens is 470 g/mol. The number of amides is 3. The Bertz CT molecular complexity index is 1230. The first-order valence-corrected chi connectivity index (χ1v) is 11.7. The number of benzene rings is 1. The number of primary amides is 1. The standard InChI is InChI=1S/C24H29N5O5S/c1-6-24(3,4)27-22(31)19(16-12-7-13(2)34-16)29(14-8-10-15(33-5)11-9-14)23(32)20-17(25)18(21(26)30)28-35-20/h7-12,19H,6,25H2,1-5H3,(H2,26,30)(H,27,31). The quantitative estimate of drug-likeness (QED) is 0.407. The van der Waals surface area contributed by atoms with E-state index in [1.165, 1.54) is 12.0 Å². The van der Waals surface area contributed by atoms with Crippen LogP contribution < -0.4 is 26.4 Å². The van der Waals surface area contributed by atoms with Crippen molar-refractivity contribution in [2.45, 2.75) is 45.7 Å². The molecule has 11 heteroatoms. The van der Waals surface area contributed by atoms with E-state index in [0.717, 1.165) is 11.5 Å². The van der Waals surface area contributed by atoms with Crippen LogP contribution in [0.4, 0.5) is 11.4 Å². The molecule has 0 radical (unpaired) electrons. The minimum atomic E-state index is -1.19. The summed E-state index contributed by atoms with van der Waals surface area (Å²) < 4.78 is 15.0. The van der Waals surface area contributed by atoms with Crippen LogP contribution in [0.3, 0.4) is 0 Å². The highest BCUT2D eigenvalue weighted by Gasteiger charge is 2.39. The molecule has 1 atom stereocenters. The van der Waals surface area contributed by atoms with Crippen molar-refractivity contribution in [1.82, 2.24) is 9.69 Å². The van der Waals surface area contributed by atoms with E-state index in [4.69, 9.17) is 20.6 Å². The number of hydrogen-bond donors (Lipinski definition) is 3. The molecule has 5 N–H and O–H groups in total. The molecule has 1 unspecified atom stereocenters. The maximum absolute atomic E-state index is 13.9. The van der Waals surface area contributed by atoms with Gasteiger partial charge in [0.15, 0.2) is 11.7 Å². The number of aryl methyl sites for hydroxylation is 1. The second-order valence-corrected chi connectivity index (χ2v) is 9.36. The fraction of sp³-hybridized carbons (Fsp3) is 0.333. The van der Waals surface area contributed by atoms with Crippen LogP contribution in [0.25, 0.3) is 0 Å². The zero-order valence-corrected chi connectivity index (χ0v) is 21.1. The van der Waals surface area contributed by atoms with Crippen LogP contribution in [0.5, 0.6) is 5.75 Å². The molecule has 0 saturated carbocycles. The van der Waals surface area contributed by atoms with Gasteiger partial charge in [-0.05, 0) is 75.1 Å². The third kappa shape index (κ3) is 5.46. The molecule has 0 fully saturated rings. The summed E-state index contributed by atoms with van der Waals surface area (Å²) in [6.45, 7) is 7.46. The number of nitrogens with zero attached hydrogens (tertiary/aromatic N) is 2. The second kappa shape index (κ2) is 10.2. The van der Waals surface area contributed by atoms with Crippen molar-refractivity contribution in [2.24, 2.45) is 5.73 Å². The smallest absolute Gasteiger partial charge is 0.273 e. The average Bonchev–Trinajstić information content (AvgIpc) is 3.42. The van der Waals surface area contributed by atoms with Gasteiger partial charge in [-0.15, -0.1) is 0 Å². The summed E-state index contributed by atoms with van der Waals surface area (Å²) >= 11 is 0.736. The predicted octanol–water partition coefficient (Wildman–Crippen LogP) is 3.43. The van der Waals surface area contributed by atoms with Crippen LogP contribution >= 0.6 is 11.5 Å². The molecule has 0 aliphatic heterocycles. The van der Waals surface area contributed by atoms with Crippen molar-refractivity contribution in [3.63, 3.8) is 0 Å². The first-order valence-electron chi connectivity index (χ1n) is 10.9. The Balaban J connectivity index is 2.20. The molecule has 2 heterocycles. The molecular formula is C24H29N5O5S. The van der Waals surface area contributed by atoms with Gasteiger partial charge in [0.25, 0.3) is 17.7 Å². The van der Waals surface area contributed by atoms with E-state index in [1.54, 1.807) is 43.3 Å². The van der Waals surface area contributed by atoms with E-state index in [-0.39, 0.29) is 22.0 Å². The third-order valence-corrected chi connectivity index (χ3v) is 6.46. The Hall–Kier alpha value is -3.86. The summed E-state index contributed by atoms with van der Waals surface area (Å²) in [7, 11) is 1.52. The molecule has 0 spiro atoms. The number of hydrogen-bond acceptors (Lipinski definition) is 8. The molecule has 0 bridgehead atoms. The fourth-order valence-electron chi connectivity index (χ4n) is 3.33. The molecule has 2 aromatic heterocycles. The Labute approximate surface area is 207 Å². The number of carbonyl (C=O) groups is 3. The van der Waals surface area contributed by atoms with Gasteiger partial charge in [-0.1, -0.05) is 6.92 Å². The van der Waals surface area contributed by atoms with Gasteiger partial charge in [0.1, 0.15) is 22.1 Å². The molecule has 3 amide bonds. The molecule has 0 aliphatic rings. The topological polar surface area (TPSA) is 154 Å². The molecule has 1 aromatic carbocycles. The van der Waals surface area contributed by atoms with Crippen LogP contribution in [0.1, 0.15) is 64.9 Å². The maximum atomic E-state index is 13.9. The Morgan fingerprint density at radius 1 is 1.20 bits per heavy atom. The predicted molar refractivity (Wildman–Crippen MR) is 134 cm³/mol. The molecule has 3 rings (SSSR count). The number of nitrogens with one attached hydrogen (secondary N) is 1. The van der Waals surface area contributed by atoms with Crippen LogP contribution in [-0.2, 0) is 4.79 Å². The minimum Gasteiger partial charge on any atom is -0.497 e. The van der Waals surface area contributed by atoms with Crippen molar-refractivity contribution in [2.75, 3.05) is 17.7 Å². The summed E-state index contributed by atoms with van der Waals surface area (Å²) in [5.74, 6) is -0.544. The van der Waals surface area contributed by atoms with Crippen LogP contribution in [0.2, 0.25) is 0 Å². The van der Waals surface area contributed by atoms with Gasteiger partial charge in [0.2, 0.25) is 0 Å². The van der Waals surface area contributed by atoms with Gasteiger partial charge in [0.05, 0.1) is 12.8 Å². The summed E-state index contributed by atoms with van der Waals surface area (Å²) in [4.78, 5) is 40.6. The zero-order valence-electron chi connectivity index (χ0n) is 20.2. The number of carbonyl (C=O) groups excluding carboxylic acids is 3. The lowest BCUT2D eigenvalue weighted by molar-refractivity contribution is -0.124. The highest BCUT2D eigenvalue weighted by atomic mass is 32.1. The van der Waals surface area contributed by atoms with Crippen molar-refractivity contribution in [3.05, 3.63) is 58.5 Å². The molecule has 35 heavy (non-hydrogen) atoms. The number of anilines is 2. The highest BCUT2D eigenvalue weighted by molar-refractivity contribution is 7.09. The third-order valence-electron chi connectivity index (χ3n) is 5.61. The van der Waals surface area contributed by atoms with E-state index in [1.807, 2.05) is 20.8 Å². The Morgan fingerprint density at radius 3 is 2.34 bits per heavy atom. The van der Waals surface area contributed by atoms with Crippen LogP contribution in [0, 0.1) is 6.92 Å². The number of ether oxygens (including phenoxy) is 1. The van der Waals surface area contributed by atoms with E-state index in [0.29, 0.717) is 23.6 Å². The molecule has 10 nitrogen and oxygen atoms in total. The number of rotatable bonds is 9. The largest absolute Gasteiger partial charge is 0.497 e. The molecule has 0 aliphatic carbocycles. The summed E-state index contributed by atoms with van der Waals surface area (Å²) in [6.07, 6.45) is 0.656. The van der Waals surface area contributed by atoms with Gasteiger partial charge in [-0.2, -0.15) is 4.37 Å². The van der Waals surface area contributed by atoms with Gasteiger partial charge >= 0.3 is 0 Å². The molecule has 0 saturated heterocycles. The number of methoxy groups -OCH3 is 1. The monoisotopic (exact) mass is 499 g/mol. The summed E-state index contributed by atoms with van der Waals surface area (Å²) in [5, 5.41) is 3.00. The number of aromatic nitrogens is 1.